The van der Waals surface area contributed by atoms with Crippen molar-refractivity contribution < 1.29 is 4.74 Å². The van der Waals surface area contributed by atoms with E-state index in [9.17, 15) is 0 Å². The van der Waals surface area contributed by atoms with Gasteiger partial charge in [-0.05, 0) is 79.6 Å². The van der Waals surface area contributed by atoms with Crippen LogP contribution in [0.15, 0.2) is 79.0 Å². The van der Waals surface area contributed by atoms with Crippen LogP contribution in [-0.2, 0) is 0 Å². The van der Waals surface area contributed by atoms with E-state index in [0.29, 0.717) is 0 Å². The summed E-state index contributed by atoms with van der Waals surface area (Å²) in [6.45, 7) is 4.24. The number of benzene rings is 3. The second-order valence-electron chi connectivity index (χ2n) is 6.38. The number of aromatic nitrogens is 1. The van der Waals surface area contributed by atoms with Crippen molar-refractivity contribution in [2.24, 2.45) is 0 Å². The molecule has 0 saturated heterocycles. The summed E-state index contributed by atoms with van der Waals surface area (Å²) < 4.78 is 5.84. The first-order chi connectivity index (χ1) is 12.7. The highest BCUT2D eigenvalue weighted by Crippen LogP contribution is 2.29. The lowest BCUT2D eigenvalue weighted by molar-refractivity contribution is 0.483. The molecular weight excluding hydrogens is 320 g/mol. The number of ether oxygens (including phenoxy) is 1. The molecule has 1 N–H and O–H groups in total. The van der Waals surface area contributed by atoms with E-state index in [2.05, 4.69) is 36.3 Å². The Balaban J connectivity index is 1.58. The highest BCUT2D eigenvalue weighted by atomic mass is 16.5. The first-order valence-electron chi connectivity index (χ1n) is 8.65. The number of pyridine rings is 1. The number of para-hydroxylation sites is 1. The summed E-state index contributed by atoms with van der Waals surface area (Å²) in [5.41, 5.74) is 5.58. The zero-order chi connectivity index (χ0) is 17.9. The van der Waals surface area contributed by atoms with Crippen molar-refractivity contribution in [3.05, 3.63) is 90.1 Å². The summed E-state index contributed by atoms with van der Waals surface area (Å²) in [5, 5.41) is 4.61. The first-order valence-corrected chi connectivity index (χ1v) is 8.65. The molecule has 0 saturated carbocycles. The summed E-state index contributed by atoms with van der Waals surface area (Å²) >= 11 is 0. The van der Waals surface area contributed by atoms with Crippen LogP contribution in [0.4, 0.5) is 11.4 Å². The third-order valence-corrected chi connectivity index (χ3v) is 4.47. The number of anilines is 2. The number of nitrogens with zero attached hydrogens (tertiary/aromatic N) is 1. The van der Waals surface area contributed by atoms with Gasteiger partial charge in [-0.15, -0.1) is 0 Å². The topological polar surface area (TPSA) is 34.2 Å². The SMILES string of the molecule is Cc1cc2nccc(Nc3ccc(Oc4ccccc4)cc3)c2cc1C. The van der Waals surface area contributed by atoms with Gasteiger partial charge in [0, 0.05) is 23.0 Å². The molecular formula is C23H20N2O. The summed E-state index contributed by atoms with van der Waals surface area (Å²) in [4.78, 5) is 4.49. The van der Waals surface area contributed by atoms with E-state index in [1.54, 1.807) is 0 Å². The second kappa shape index (κ2) is 6.89. The number of hydrogen-bond acceptors (Lipinski definition) is 3. The molecule has 0 unspecified atom stereocenters. The number of rotatable bonds is 4. The summed E-state index contributed by atoms with van der Waals surface area (Å²) in [6.07, 6.45) is 1.84. The van der Waals surface area contributed by atoms with Gasteiger partial charge < -0.3 is 10.1 Å². The molecule has 3 heteroatoms. The van der Waals surface area contributed by atoms with Crippen molar-refractivity contribution in [3.63, 3.8) is 0 Å². The van der Waals surface area contributed by atoms with Gasteiger partial charge >= 0.3 is 0 Å². The van der Waals surface area contributed by atoms with Gasteiger partial charge in [0.05, 0.1) is 5.52 Å². The summed E-state index contributed by atoms with van der Waals surface area (Å²) in [7, 11) is 0. The Morgan fingerprint density at radius 3 is 2.23 bits per heavy atom. The molecule has 0 aliphatic rings. The maximum Gasteiger partial charge on any atom is 0.127 e. The molecule has 0 atom stereocenters. The molecule has 1 heterocycles. The molecule has 0 aliphatic carbocycles. The average molecular weight is 340 g/mol. The van der Waals surface area contributed by atoms with E-state index >= 15 is 0 Å². The molecule has 4 rings (SSSR count). The number of fused-ring (bicyclic) bond motifs is 1. The van der Waals surface area contributed by atoms with E-state index in [-0.39, 0.29) is 0 Å². The van der Waals surface area contributed by atoms with Crippen LogP contribution in [0.25, 0.3) is 10.9 Å². The van der Waals surface area contributed by atoms with Gasteiger partial charge in [-0.2, -0.15) is 0 Å². The molecule has 26 heavy (non-hydrogen) atoms. The normalized spacial score (nSPS) is 10.7. The predicted molar refractivity (Wildman–Crippen MR) is 107 cm³/mol. The molecule has 0 amide bonds. The Bertz CT molecular complexity index is 1040. The van der Waals surface area contributed by atoms with Crippen molar-refractivity contribution in [1.82, 2.24) is 4.98 Å². The van der Waals surface area contributed by atoms with Crippen LogP contribution >= 0.6 is 0 Å². The van der Waals surface area contributed by atoms with Gasteiger partial charge in [0.15, 0.2) is 0 Å². The zero-order valence-electron chi connectivity index (χ0n) is 14.9. The minimum Gasteiger partial charge on any atom is -0.457 e. The van der Waals surface area contributed by atoms with Crippen molar-refractivity contribution in [1.29, 1.82) is 0 Å². The van der Waals surface area contributed by atoms with Crippen LogP contribution in [0.1, 0.15) is 11.1 Å². The molecule has 0 aliphatic heterocycles. The number of nitrogens with one attached hydrogen (secondary N) is 1. The van der Waals surface area contributed by atoms with Crippen molar-refractivity contribution in [3.8, 4) is 11.5 Å². The predicted octanol–water partition coefficient (Wildman–Crippen LogP) is 6.39. The minimum absolute atomic E-state index is 0.813. The third-order valence-electron chi connectivity index (χ3n) is 4.47. The van der Waals surface area contributed by atoms with Crippen LogP contribution in [0.2, 0.25) is 0 Å². The molecule has 0 fully saturated rings. The largest absolute Gasteiger partial charge is 0.457 e. The third kappa shape index (κ3) is 3.38. The highest BCUT2D eigenvalue weighted by molar-refractivity contribution is 5.93. The number of hydrogen-bond donors (Lipinski definition) is 1. The van der Waals surface area contributed by atoms with Crippen LogP contribution < -0.4 is 10.1 Å². The quantitative estimate of drug-likeness (QED) is 0.467. The Labute approximate surface area is 153 Å². The molecule has 0 bridgehead atoms. The molecule has 3 aromatic carbocycles. The lowest BCUT2D eigenvalue weighted by atomic mass is 10.1. The lowest BCUT2D eigenvalue weighted by Gasteiger charge is -2.12. The van der Waals surface area contributed by atoms with E-state index in [4.69, 9.17) is 4.74 Å². The van der Waals surface area contributed by atoms with Gasteiger partial charge in [-0.25, -0.2) is 0 Å². The van der Waals surface area contributed by atoms with Crippen LogP contribution in [0, 0.1) is 13.8 Å². The van der Waals surface area contributed by atoms with Crippen molar-refractivity contribution in [2.45, 2.75) is 13.8 Å². The van der Waals surface area contributed by atoms with Crippen molar-refractivity contribution >= 4 is 22.3 Å². The highest BCUT2D eigenvalue weighted by Gasteiger charge is 2.05. The van der Waals surface area contributed by atoms with Crippen LogP contribution in [0.5, 0.6) is 11.5 Å². The maximum absolute atomic E-state index is 5.84. The molecule has 1 aromatic heterocycles. The molecule has 128 valence electrons. The minimum atomic E-state index is 0.813. The first kappa shape index (κ1) is 16.2. The molecule has 0 spiro atoms. The van der Waals surface area contributed by atoms with Gasteiger partial charge in [-0.3, -0.25) is 4.98 Å². The van der Waals surface area contributed by atoms with E-state index < -0.39 is 0 Å². The van der Waals surface area contributed by atoms with Gasteiger partial charge in [0.2, 0.25) is 0 Å². The van der Waals surface area contributed by atoms with E-state index in [1.165, 1.54) is 11.1 Å². The Hall–Kier alpha value is -3.33. The van der Waals surface area contributed by atoms with E-state index in [1.807, 2.05) is 66.9 Å². The summed E-state index contributed by atoms with van der Waals surface area (Å²) in [6, 6.07) is 24.1. The Morgan fingerprint density at radius 1 is 0.769 bits per heavy atom. The standard InChI is InChI=1S/C23H20N2O/c1-16-14-21-22(12-13-24-23(21)15-17(16)2)25-18-8-10-20(11-9-18)26-19-6-4-3-5-7-19/h3-15H,1-2H3,(H,24,25). The fourth-order valence-corrected chi connectivity index (χ4v) is 2.90. The lowest BCUT2D eigenvalue weighted by Crippen LogP contribution is -1.94. The second-order valence-corrected chi connectivity index (χ2v) is 6.38. The molecule has 3 nitrogen and oxygen atoms in total. The van der Waals surface area contributed by atoms with Gasteiger partial charge in [0.25, 0.3) is 0 Å². The fraction of sp³-hybridized carbons (Fsp3) is 0.0870. The smallest absolute Gasteiger partial charge is 0.127 e. The van der Waals surface area contributed by atoms with Crippen LogP contribution in [-0.4, -0.2) is 4.98 Å². The number of aryl methyl sites for hydroxylation is 2. The zero-order valence-corrected chi connectivity index (χ0v) is 14.9. The fourth-order valence-electron chi connectivity index (χ4n) is 2.90. The molecule has 4 aromatic rings. The molecule has 0 radical (unpaired) electrons. The monoisotopic (exact) mass is 340 g/mol. The maximum atomic E-state index is 5.84. The Kier molecular flexibility index (Phi) is 4.28. The van der Waals surface area contributed by atoms with Gasteiger partial charge in [-0.1, -0.05) is 18.2 Å². The van der Waals surface area contributed by atoms with E-state index in [0.717, 1.165) is 33.8 Å². The summed E-state index contributed by atoms with van der Waals surface area (Å²) in [5.74, 6) is 1.65. The Morgan fingerprint density at radius 2 is 1.46 bits per heavy atom. The average Bonchev–Trinajstić information content (AvgIpc) is 2.66. The van der Waals surface area contributed by atoms with Gasteiger partial charge in [0.1, 0.15) is 11.5 Å². The van der Waals surface area contributed by atoms with Crippen molar-refractivity contribution in [2.75, 3.05) is 5.32 Å². The van der Waals surface area contributed by atoms with Crippen LogP contribution in [0.3, 0.4) is 0 Å².